The molecule has 1 aliphatic heterocycles. The zero-order valence-electron chi connectivity index (χ0n) is 10.6. The number of likely N-dealkylation sites (tertiary alicyclic amines) is 1. The van der Waals surface area contributed by atoms with Crippen LogP contribution in [-0.2, 0) is 6.54 Å². The third kappa shape index (κ3) is 3.41. The zero-order chi connectivity index (χ0) is 12.3. The van der Waals surface area contributed by atoms with Crippen LogP contribution in [0.2, 0.25) is 0 Å². The van der Waals surface area contributed by atoms with Crippen molar-refractivity contribution in [2.75, 3.05) is 33.7 Å². The molecule has 1 atom stereocenters. The summed E-state index contributed by atoms with van der Waals surface area (Å²) in [6.07, 6.45) is 2.02. The summed E-state index contributed by atoms with van der Waals surface area (Å²) in [5.74, 6) is 2.03. The third-order valence-corrected chi connectivity index (χ3v) is 3.28. The van der Waals surface area contributed by atoms with Crippen LogP contribution in [0.1, 0.15) is 22.7 Å². The molecule has 0 saturated carbocycles. The van der Waals surface area contributed by atoms with E-state index in [0.29, 0.717) is 5.76 Å². The number of hydrogen-bond donors (Lipinski definition) is 0. The minimum absolute atomic E-state index is 0.411. The first-order valence-corrected chi connectivity index (χ1v) is 6.08. The molecule has 1 unspecified atom stereocenters. The van der Waals surface area contributed by atoms with Crippen molar-refractivity contribution < 1.29 is 9.21 Å². The first-order chi connectivity index (χ1) is 8.17. The number of aldehydes is 1. The van der Waals surface area contributed by atoms with Crippen molar-refractivity contribution in [1.29, 1.82) is 0 Å². The number of rotatable bonds is 5. The summed E-state index contributed by atoms with van der Waals surface area (Å²) >= 11 is 0. The van der Waals surface area contributed by atoms with Gasteiger partial charge in [0.25, 0.3) is 0 Å². The predicted octanol–water partition coefficient (Wildman–Crippen LogP) is 1.48. The van der Waals surface area contributed by atoms with E-state index in [4.69, 9.17) is 4.42 Å². The molecule has 1 saturated heterocycles. The first-order valence-electron chi connectivity index (χ1n) is 6.08. The summed E-state index contributed by atoms with van der Waals surface area (Å²) in [6, 6.07) is 3.60. The van der Waals surface area contributed by atoms with E-state index in [1.54, 1.807) is 6.07 Å². The van der Waals surface area contributed by atoms with Crippen LogP contribution in [-0.4, -0.2) is 49.8 Å². The van der Waals surface area contributed by atoms with E-state index >= 15 is 0 Å². The number of carbonyl (C=O) groups is 1. The Labute approximate surface area is 102 Å². The molecule has 0 aromatic carbocycles. The molecule has 2 rings (SSSR count). The highest BCUT2D eigenvalue weighted by Crippen LogP contribution is 2.16. The van der Waals surface area contributed by atoms with Gasteiger partial charge in [0.05, 0.1) is 6.54 Å². The molecule has 17 heavy (non-hydrogen) atoms. The maximum Gasteiger partial charge on any atom is 0.185 e. The molecule has 1 aromatic rings. The molecule has 94 valence electrons. The van der Waals surface area contributed by atoms with Gasteiger partial charge in [0.2, 0.25) is 0 Å². The molecule has 1 aliphatic rings. The number of hydrogen-bond acceptors (Lipinski definition) is 4. The second-order valence-electron chi connectivity index (χ2n) is 5.04. The Hall–Kier alpha value is -1.13. The second-order valence-corrected chi connectivity index (χ2v) is 5.04. The molecule has 4 nitrogen and oxygen atoms in total. The lowest BCUT2D eigenvalue weighted by molar-refractivity contribution is 0.109. The Balaban J connectivity index is 1.80. The van der Waals surface area contributed by atoms with Crippen molar-refractivity contribution in [3.8, 4) is 0 Å². The SMILES string of the molecule is CN1CCC(CN(C)Cc2ccc(C=O)o2)C1. The van der Waals surface area contributed by atoms with Crippen LogP contribution < -0.4 is 0 Å². The topological polar surface area (TPSA) is 36.7 Å². The number of carbonyl (C=O) groups excluding carboxylic acids is 1. The maximum atomic E-state index is 10.5. The molecule has 4 heteroatoms. The van der Waals surface area contributed by atoms with Crippen molar-refractivity contribution in [3.63, 3.8) is 0 Å². The lowest BCUT2D eigenvalue weighted by Crippen LogP contribution is -2.26. The molecule has 0 spiro atoms. The summed E-state index contributed by atoms with van der Waals surface area (Å²) in [6.45, 7) is 4.24. The molecule has 0 bridgehead atoms. The predicted molar refractivity (Wildman–Crippen MR) is 66.0 cm³/mol. The van der Waals surface area contributed by atoms with Crippen LogP contribution in [0.15, 0.2) is 16.5 Å². The number of nitrogens with zero attached hydrogens (tertiary/aromatic N) is 2. The average molecular weight is 236 g/mol. The average Bonchev–Trinajstić information content (AvgIpc) is 2.88. The normalized spacial score (nSPS) is 21.2. The molecule has 1 aromatic heterocycles. The fourth-order valence-electron chi connectivity index (χ4n) is 2.49. The van der Waals surface area contributed by atoms with Gasteiger partial charge in [-0.3, -0.25) is 9.69 Å². The van der Waals surface area contributed by atoms with E-state index in [1.807, 2.05) is 6.07 Å². The molecule has 0 aliphatic carbocycles. The van der Waals surface area contributed by atoms with Crippen LogP contribution in [0, 0.1) is 5.92 Å². The summed E-state index contributed by atoms with van der Waals surface area (Å²) in [4.78, 5) is 15.1. The van der Waals surface area contributed by atoms with Gasteiger partial charge < -0.3 is 9.32 Å². The minimum Gasteiger partial charge on any atom is -0.457 e. The van der Waals surface area contributed by atoms with Crippen LogP contribution in [0.25, 0.3) is 0 Å². The standard InChI is InChI=1S/C13H20N2O2/c1-14-6-5-11(7-14)8-15(2)9-12-3-4-13(10-16)17-12/h3-4,10-11H,5-9H2,1-2H3. The Morgan fingerprint density at radius 3 is 3.00 bits per heavy atom. The highest BCUT2D eigenvalue weighted by molar-refractivity contribution is 5.70. The van der Waals surface area contributed by atoms with Crippen LogP contribution in [0.3, 0.4) is 0 Å². The highest BCUT2D eigenvalue weighted by Gasteiger charge is 2.20. The van der Waals surface area contributed by atoms with Crippen molar-refractivity contribution in [1.82, 2.24) is 9.80 Å². The highest BCUT2D eigenvalue weighted by atomic mass is 16.3. The summed E-state index contributed by atoms with van der Waals surface area (Å²) in [7, 11) is 4.27. The molecular formula is C13H20N2O2. The van der Waals surface area contributed by atoms with Crippen LogP contribution in [0.5, 0.6) is 0 Å². The maximum absolute atomic E-state index is 10.5. The van der Waals surface area contributed by atoms with Gasteiger partial charge in [-0.05, 0) is 45.1 Å². The van der Waals surface area contributed by atoms with Crippen molar-refractivity contribution >= 4 is 6.29 Å². The molecule has 0 N–H and O–H groups in total. The van der Waals surface area contributed by atoms with Crippen molar-refractivity contribution in [3.05, 3.63) is 23.7 Å². The van der Waals surface area contributed by atoms with Gasteiger partial charge in [-0.1, -0.05) is 0 Å². The van der Waals surface area contributed by atoms with Gasteiger partial charge in [0, 0.05) is 13.1 Å². The van der Waals surface area contributed by atoms with E-state index in [1.165, 1.54) is 19.5 Å². The Bertz CT molecular complexity index is 375. The fourth-order valence-corrected chi connectivity index (χ4v) is 2.49. The van der Waals surface area contributed by atoms with Gasteiger partial charge >= 0.3 is 0 Å². The van der Waals surface area contributed by atoms with Gasteiger partial charge in [-0.2, -0.15) is 0 Å². The Morgan fingerprint density at radius 2 is 2.41 bits per heavy atom. The summed E-state index contributed by atoms with van der Waals surface area (Å²) in [5, 5.41) is 0. The molecular weight excluding hydrogens is 216 g/mol. The van der Waals surface area contributed by atoms with Gasteiger partial charge in [-0.15, -0.1) is 0 Å². The summed E-state index contributed by atoms with van der Waals surface area (Å²) < 4.78 is 5.37. The van der Waals surface area contributed by atoms with Gasteiger partial charge in [0.15, 0.2) is 12.0 Å². The smallest absolute Gasteiger partial charge is 0.185 e. The summed E-state index contributed by atoms with van der Waals surface area (Å²) in [5.41, 5.74) is 0. The lowest BCUT2D eigenvalue weighted by atomic mass is 10.1. The lowest BCUT2D eigenvalue weighted by Gasteiger charge is -2.19. The van der Waals surface area contributed by atoms with E-state index in [9.17, 15) is 4.79 Å². The van der Waals surface area contributed by atoms with Crippen LogP contribution >= 0.6 is 0 Å². The largest absolute Gasteiger partial charge is 0.457 e. The first kappa shape index (κ1) is 12.3. The van der Waals surface area contributed by atoms with Gasteiger partial charge in [0.1, 0.15) is 5.76 Å². The molecule has 0 radical (unpaired) electrons. The van der Waals surface area contributed by atoms with E-state index < -0.39 is 0 Å². The Morgan fingerprint density at radius 1 is 1.59 bits per heavy atom. The van der Waals surface area contributed by atoms with E-state index in [2.05, 4.69) is 23.9 Å². The van der Waals surface area contributed by atoms with E-state index in [0.717, 1.165) is 31.1 Å². The minimum atomic E-state index is 0.411. The van der Waals surface area contributed by atoms with Crippen LogP contribution in [0.4, 0.5) is 0 Å². The second kappa shape index (κ2) is 5.47. The van der Waals surface area contributed by atoms with Crippen molar-refractivity contribution in [2.24, 2.45) is 5.92 Å². The fraction of sp³-hybridized carbons (Fsp3) is 0.615. The molecule has 1 fully saturated rings. The number of furan rings is 1. The third-order valence-electron chi connectivity index (χ3n) is 3.28. The quantitative estimate of drug-likeness (QED) is 0.726. The van der Waals surface area contributed by atoms with Gasteiger partial charge in [-0.25, -0.2) is 0 Å². The zero-order valence-corrected chi connectivity index (χ0v) is 10.6. The van der Waals surface area contributed by atoms with E-state index in [-0.39, 0.29) is 0 Å². The monoisotopic (exact) mass is 236 g/mol. The molecule has 2 heterocycles. The van der Waals surface area contributed by atoms with Crippen molar-refractivity contribution in [2.45, 2.75) is 13.0 Å². The molecule has 0 amide bonds. The Kier molecular flexibility index (Phi) is 3.97.